The molecule has 4 nitrogen and oxygen atoms in total. The number of rotatable bonds is 20. The molecule has 0 aromatic rings. The molecule has 0 fully saturated rings. The minimum Gasteiger partial charge on any atom is -0.459 e. The average molecular weight is 521 g/mol. The van der Waals surface area contributed by atoms with Crippen LogP contribution in [-0.4, -0.2) is 29.6 Å². The van der Waals surface area contributed by atoms with E-state index >= 15 is 0 Å². The van der Waals surface area contributed by atoms with Crippen LogP contribution in [0, 0.1) is 10.8 Å². The highest BCUT2D eigenvalue weighted by Crippen LogP contribution is 2.36. The number of Topliss-reactive ketones (excluding diaryl/α,β-unsaturated/α-hetero) is 1. The molecule has 216 valence electrons. The summed E-state index contributed by atoms with van der Waals surface area (Å²) in [6.45, 7) is 21.7. The van der Waals surface area contributed by atoms with Crippen molar-refractivity contribution in [3.05, 3.63) is 24.3 Å². The van der Waals surface area contributed by atoms with Crippen molar-refractivity contribution < 1.29 is 19.1 Å². The van der Waals surface area contributed by atoms with Crippen LogP contribution in [-0.2, 0) is 19.1 Å². The smallest absolute Gasteiger partial charge is 0.306 e. The molecule has 37 heavy (non-hydrogen) atoms. The van der Waals surface area contributed by atoms with Gasteiger partial charge < -0.3 is 9.47 Å². The van der Waals surface area contributed by atoms with E-state index in [1.54, 1.807) is 0 Å². The summed E-state index contributed by atoms with van der Waals surface area (Å²) in [7, 11) is 0. The Morgan fingerprint density at radius 3 is 1.89 bits per heavy atom. The summed E-state index contributed by atoms with van der Waals surface area (Å²) in [6, 6.07) is 0. The van der Waals surface area contributed by atoms with Crippen molar-refractivity contribution in [3.63, 3.8) is 0 Å². The first-order valence-corrected chi connectivity index (χ1v) is 14.7. The van der Waals surface area contributed by atoms with Gasteiger partial charge >= 0.3 is 5.97 Å². The zero-order valence-corrected chi connectivity index (χ0v) is 26.1. The van der Waals surface area contributed by atoms with Crippen LogP contribution in [0.3, 0.4) is 0 Å². The van der Waals surface area contributed by atoms with E-state index in [2.05, 4.69) is 65.8 Å². The molecular weight excluding hydrogens is 460 g/mol. The lowest BCUT2D eigenvalue weighted by Crippen LogP contribution is -2.38. The van der Waals surface area contributed by atoms with E-state index in [9.17, 15) is 9.59 Å². The van der Waals surface area contributed by atoms with Crippen LogP contribution in [0.4, 0.5) is 0 Å². The number of hydrogen-bond acceptors (Lipinski definition) is 4. The number of ether oxygens (including phenoxy) is 2. The van der Waals surface area contributed by atoms with Gasteiger partial charge in [0.05, 0.1) is 6.61 Å². The number of esters is 1. The first-order valence-electron chi connectivity index (χ1n) is 14.7. The third-order valence-corrected chi connectivity index (χ3v) is 6.87. The van der Waals surface area contributed by atoms with Crippen LogP contribution in [0.15, 0.2) is 24.3 Å². The van der Waals surface area contributed by atoms with Gasteiger partial charge in [-0.05, 0) is 83.0 Å². The summed E-state index contributed by atoms with van der Waals surface area (Å²) < 4.78 is 11.8. The quantitative estimate of drug-likeness (QED) is 0.0911. The third kappa shape index (κ3) is 18.5. The molecule has 0 bridgehead atoms. The Balaban J connectivity index is 4.38. The van der Waals surface area contributed by atoms with Crippen LogP contribution in [0.2, 0.25) is 0 Å². The first-order chi connectivity index (χ1) is 17.1. The zero-order valence-electron chi connectivity index (χ0n) is 26.1. The SMILES string of the molecule is CCCC=CCCCC(=O)C(C)(C)OCCC(C)(CC)OC(=O)CCCC=CCC(C)(C)CC(C)(C)C. The standard InChI is InChI=1S/C33H60O4/c1-11-13-14-15-16-19-22-28(34)32(8,9)36-26-25-33(10,12-2)37-29(35)23-20-17-18-21-24-31(6,7)27-30(3,4)5/h14-15,18,21H,11-13,16-17,19-20,22-27H2,1-10H3. The lowest BCUT2D eigenvalue weighted by Gasteiger charge is -2.31. The summed E-state index contributed by atoms with van der Waals surface area (Å²) in [5.41, 5.74) is -0.787. The number of ketones is 1. The van der Waals surface area contributed by atoms with Crippen molar-refractivity contribution in [2.45, 2.75) is 157 Å². The lowest BCUT2D eigenvalue weighted by molar-refractivity contribution is -0.163. The number of allylic oxidation sites excluding steroid dienone is 4. The second-order valence-electron chi connectivity index (χ2n) is 13.4. The molecule has 0 aliphatic rings. The van der Waals surface area contributed by atoms with Crippen LogP contribution >= 0.6 is 0 Å². The molecule has 0 rings (SSSR count). The molecule has 0 aromatic carbocycles. The fourth-order valence-corrected chi connectivity index (χ4v) is 4.70. The third-order valence-electron chi connectivity index (χ3n) is 6.87. The molecule has 0 heterocycles. The molecule has 0 N–H and O–H groups in total. The van der Waals surface area contributed by atoms with Crippen LogP contribution < -0.4 is 0 Å². The second kappa shape index (κ2) is 17.2. The lowest BCUT2D eigenvalue weighted by atomic mass is 9.74. The van der Waals surface area contributed by atoms with E-state index < -0.39 is 11.2 Å². The molecular formula is C33H60O4. The van der Waals surface area contributed by atoms with Gasteiger partial charge in [0.1, 0.15) is 11.2 Å². The molecule has 0 saturated carbocycles. The Bertz CT molecular complexity index is 708. The fourth-order valence-electron chi connectivity index (χ4n) is 4.70. The number of unbranched alkanes of at least 4 members (excludes halogenated alkanes) is 3. The van der Waals surface area contributed by atoms with Gasteiger partial charge in [0, 0.05) is 19.3 Å². The number of hydrogen-bond donors (Lipinski definition) is 0. The Morgan fingerprint density at radius 1 is 0.757 bits per heavy atom. The van der Waals surface area contributed by atoms with E-state index in [0.29, 0.717) is 37.7 Å². The molecule has 0 aliphatic heterocycles. The Morgan fingerprint density at radius 2 is 1.32 bits per heavy atom. The van der Waals surface area contributed by atoms with Gasteiger partial charge in [0.15, 0.2) is 5.78 Å². The monoisotopic (exact) mass is 520 g/mol. The molecule has 4 heteroatoms. The van der Waals surface area contributed by atoms with Gasteiger partial charge in [-0.15, -0.1) is 0 Å². The van der Waals surface area contributed by atoms with Crippen LogP contribution in [0.25, 0.3) is 0 Å². The van der Waals surface area contributed by atoms with Gasteiger partial charge in [-0.1, -0.05) is 79.2 Å². The average Bonchev–Trinajstić information content (AvgIpc) is 2.76. The molecule has 0 saturated heterocycles. The first kappa shape index (κ1) is 35.6. The van der Waals surface area contributed by atoms with Crippen molar-refractivity contribution in [2.24, 2.45) is 10.8 Å². The molecule has 1 unspecified atom stereocenters. The summed E-state index contributed by atoms with van der Waals surface area (Å²) in [5.74, 6) is -0.0290. The largest absolute Gasteiger partial charge is 0.459 e. The van der Waals surface area contributed by atoms with E-state index in [0.717, 1.165) is 44.9 Å². The van der Waals surface area contributed by atoms with E-state index in [4.69, 9.17) is 9.47 Å². The number of carbonyl (C=O) groups excluding carboxylic acids is 2. The topological polar surface area (TPSA) is 52.6 Å². The molecule has 0 radical (unpaired) electrons. The Kier molecular flexibility index (Phi) is 16.6. The van der Waals surface area contributed by atoms with Crippen molar-refractivity contribution in [1.82, 2.24) is 0 Å². The predicted octanol–water partition coefficient (Wildman–Crippen LogP) is 9.56. The highest BCUT2D eigenvalue weighted by Gasteiger charge is 2.31. The zero-order chi connectivity index (χ0) is 28.6. The maximum Gasteiger partial charge on any atom is 0.306 e. The van der Waals surface area contributed by atoms with Crippen molar-refractivity contribution in [1.29, 1.82) is 0 Å². The molecule has 0 spiro atoms. The molecule has 0 aliphatic carbocycles. The van der Waals surface area contributed by atoms with Crippen molar-refractivity contribution in [2.75, 3.05) is 6.61 Å². The van der Waals surface area contributed by atoms with Crippen molar-refractivity contribution in [3.8, 4) is 0 Å². The summed E-state index contributed by atoms with van der Waals surface area (Å²) in [6.07, 6.45) is 19.0. The van der Waals surface area contributed by atoms with E-state index in [1.807, 2.05) is 27.7 Å². The second-order valence-corrected chi connectivity index (χ2v) is 13.4. The van der Waals surface area contributed by atoms with Gasteiger partial charge in [0.2, 0.25) is 0 Å². The maximum absolute atomic E-state index is 12.6. The molecule has 0 amide bonds. The fraction of sp³-hybridized carbons (Fsp3) is 0.818. The summed E-state index contributed by atoms with van der Waals surface area (Å²) in [4.78, 5) is 25.1. The van der Waals surface area contributed by atoms with Gasteiger partial charge in [0.25, 0.3) is 0 Å². The minimum absolute atomic E-state index is 0.126. The normalized spacial score (nSPS) is 14.9. The van der Waals surface area contributed by atoms with E-state index in [-0.39, 0.29) is 17.2 Å². The van der Waals surface area contributed by atoms with Gasteiger partial charge in [-0.25, -0.2) is 0 Å². The summed E-state index contributed by atoms with van der Waals surface area (Å²) in [5, 5.41) is 0. The molecule has 0 aromatic heterocycles. The Hall–Kier alpha value is -1.42. The van der Waals surface area contributed by atoms with Crippen molar-refractivity contribution >= 4 is 11.8 Å². The maximum atomic E-state index is 12.6. The van der Waals surface area contributed by atoms with Crippen LogP contribution in [0.5, 0.6) is 0 Å². The molecule has 1 atom stereocenters. The highest BCUT2D eigenvalue weighted by atomic mass is 16.6. The highest BCUT2D eigenvalue weighted by molar-refractivity contribution is 5.86. The van der Waals surface area contributed by atoms with Gasteiger partial charge in [-0.2, -0.15) is 0 Å². The predicted molar refractivity (Wildman–Crippen MR) is 158 cm³/mol. The number of carbonyl (C=O) groups is 2. The van der Waals surface area contributed by atoms with E-state index in [1.165, 1.54) is 6.42 Å². The van der Waals surface area contributed by atoms with Crippen LogP contribution in [0.1, 0.15) is 146 Å². The Labute approximate surface area is 230 Å². The summed E-state index contributed by atoms with van der Waals surface area (Å²) >= 11 is 0. The van der Waals surface area contributed by atoms with Gasteiger partial charge in [-0.3, -0.25) is 9.59 Å². The minimum atomic E-state index is -0.820.